The summed E-state index contributed by atoms with van der Waals surface area (Å²) < 4.78 is 2.93. The van der Waals surface area contributed by atoms with Crippen LogP contribution in [0.1, 0.15) is 79.4 Å². The third-order valence-corrected chi connectivity index (χ3v) is 14.3. The molecule has 0 bridgehead atoms. The van der Waals surface area contributed by atoms with Gasteiger partial charge in [-0.1, -0.05) is 199 Å². The zero-order chi connectivity index (χ0) is 34.9. The molecule has 0 aliphatic heterocycles. The number of pyridine rings is 2. The normalized spacial score (nSPS) is 11.6. The Morgan fingerprint density at radius 1 is 0.412 bits per heavy atom. The van der Waals surface area contributed by atoms with Gasteiger partial charge in [-0.15, -0.1) is 0 Å². The predicted octanol–water partition coefficient (Wildman–Crippen LogP) is 11.2. The molecule has 2 nitrogen and oxygen atoms in total. The summed E-state index contributed by atoms with van der Waals surface area (Å²) in [6.07, 6.45) is 9.97. The molecule has 0 saturated heterocycles. The first-order chi connectivity index (χ1) is 25.1. The lowest BCUT2D eigenvalue weighted by molar-refractivity contribution is 0.496. The Balaban J connectivity index is 1.01. The van der Waals surface area contributed by atoms with Gasteiger partial charge in [0.05, 0.1) is 11.0 Å². The van der Waals surface area contributed by atoms with E-state index in [1.165, 1.54) is 97.6 Å². The Morgan fingerprint density at radius 3 is 1.27 bits per heavy atom. The first-order valence-corrected chi connectivity index (χ1v) is 21.0. The van der Waals surface area contributed by atoms with E-state index < -0.39 is 14.1 Å². The number of fused-ring (bicyclic) bond motifs is 2. The lowest BCUT2D eigenvalue weighted by Gasteiger charge is -2.36. The van der Waals surface area contributed by atoms with Crippen LogP contribution in [0, 0.1) is 13.8 Å². The second-order valence-corrected chi connectivity index (χ2v) is 17.2. The van der Waals surface area contributed by atoms with Gasteiger partial charge in [0.15, 0.2) is 0 Å². The summed E-state index contributed by atoms with van der Waals surface area (Å²) in [4.78, 5) is 10.2. The number of aromatic nitrogens is 2. The Morgan fingerprint density at radius 2 is 0.824 bits per heavy atom. The molecule has 7 aromatic rings. The number of nitrogens with zero attached hydrogens (tertiary/aromatic N) is 2. The molecule has 51 heavy (non-hydrogen) atoms. The SMILES string of the molecule is Cc1ccc2ccc[c]([Al]([CH2]CCCCCCCCC(c3ccccc3)(c3ccccc3)c3ccccc3)[c]3cccc4ccc(C)nc34)c2n1. The smallest absolute Gasteiger partial charge is 0.254 e. The molecule has 2 aromatic heterocycles. The van der Waals surface area contributed by atoms with Crippen molar-refractivity contribution >= 4 is 44.8 Å². The molecular weight excluding hydrogens is 632 g/mol. The summed E-state index contributed by atoms with van der Waals surface area (Å²) in [7, 11) is 0. The summed E-state index contributed by atoms with van der Waals surface area (Å²) >= 11 is -1.60. The van der Waals surface area contributed by atoms with Crippen LogP contribution in [0.3, 0.4) is 0 Å². The highest BCUT2D eigenvalue weighted by atomic mass is 27.2. The van der Waals surface area contributed by atoms with Crippen molar-refractivity contribution in [3.05, 3.63) is 180 Å². The fourth-order valence-corrected chi connectivity index (χ4v) is 11.8. The number of benzene rings is 5. The summed E-state index contributed by atoms with van der Waals surface area (Å²) in [5, 5.41) is 3.73. The maximum absolute atomic E-state index is 5.10. The van der Waals surface area contributed by atoms with Gasteiger partial charge in [-0.3, -0.25) is 9.97 Å². The largest absolute Gasteiger partial charge is 0.352 e. The van der Waals surface area contributed by atoms with Gasteiger partial charge < -0.3 is 0 Å². The van der Waals surface area contributed by atoms with Crippen molar-refractivity contribution < 1.29 is 0 Å². The minimum Gasteiger partial charge on any atom is -0.254 e. The van der Waals surface area contributed by atoms with Crippen LogP contribution in [0.15, 0.2) is 152 Å². The van der Waals surface area contributed by atoms with E-state index in [2.05, 4.69) is 166 Å². The van der Waals surface area contributed by atoms with Gasteiger partial charge >= 0.3 is 14.1 Å². The third-order valence-electron chi connectivity index (χ3n) is 10.9. The van der Waals surface area contributed by atoms with E-state index in [0.29, 0.717) is 0 Å². The molecule has 0 radical (unpaired) electrons. The van der Waals surface area contributed by atoms with E-state index in [-0.39, 0.29) is 5.41 Å². The molecule has 2 heterocycles. The Bertz CT molecular complexity index is 1980. The molecule has 7 rings (SSSR count). The molecule has 0 fully saturated rings. The number of hydrogen-bond donors (Lipinski definition) is 0. The van der Waals surface area contributed by atoms with Crippen LogP contribution in [-0.2, 0) is 5.41 Å². The zero-order valence-corrected chi connectivity index (χ0v) is 31.4. The second kappa shape index (κ2) is 16.6. The van der Waals surface area contributed by atoms with E-state index in [4.69, 9.17) is 9.97 Å². The van der Waals surface area contributed by atoms with Crippen LogP contribution in [0.25, 0.3) is 21.8 Å². The molecular formula is C48H49AlN2. The molecule has 0 unspecified atom stereocenters. The summed E-state index contributed by atoms with van der Waals surface area (Å²) in [5.74, 6) is 0. The molecule has 0 N–H and O–H groups in total. The van der Waals surface area contributed by atoms with Crippen LogP contribution >= 0.6 is 0 Å². The third kappa shape index (κ3) is 7.87. The van der Waals surface area contributed by atoms with Crippen LogP contribution in [-0.4, -0.2) is 24.1 Å². The van der Waals surface area contributed by atoms with Gasteiger partial charge in [0.2, 0.25) is 0 Å². The van der Waals surface area contributed by atoms with Crippen LogP contribution < -0.4 is 8.85 Å². The van der Waals surface area contributed by atoms with Crippen LogP contribution in [0.5, 0.6) is 0 Å². The molecule has 0 saturated carbocycles. The van der Waals surface area contributed by atoms with E-state index in [1.807, 2.05) is 0 Å². The first kappa shape index (κ1) is 34.9. The van der Waals surface area contributed by atoms with Crippen molar-refractivity contribution in [3.8, 4) is 0 Å². The fraction of sp³-hybridized carbons (Fsp3) is 0.250. The van der Waals surface area contributed by atoms with Gasteiger partial charge in [0, 0.05) is 16.8 Å². The average molecular weight is 681 g/mol. The van der Waals surface area contributed by atoms with Crippen molar-refractivity contribution in [2.24, 2.45) is 0 Å². The molecule has 0 spiro atoms. The topological polar surface area (TPSA) is 25.8 Å². The van der Waals surface area contributed by atoms with Crippen molar-refractivity contribution in [1.29, 1.82) is 0 Å². The molecule has 0 amide bonds. The van der Waals surface area contributed by atoms with E-state index >= 15 is 0 Å². The Hall–Kier alpha value is -4.55. The number of para-hydroxylation sites is 2. The molecule has 0 atom stereocenters. The van der Waals surface area contributed by atoms with Gasteiger partial charge in [0.25, 0.3) is 0 Å². The minimum absolute atomic E-state index is 0.145. The molecule has 0 aliphatic rings. The Kier molecular flexibility index (Phi) is 11.4. The maximum Gasteiger partial charge on any atom is 0.352 e. The maximum atomic E-state index is 5.10. The van der Waals surface area contributed by atoms with Crippen LogP contribution in [0.2, 0.25) is 5.28 Å². The van der Waals surface area contributed by atoms with Gasteiger partial charge in [-0.2, -0.15) is 0 Å². The molecule has 0 aliphatic carbocycles. The zero-order valence-electron chi connectivity index (χ0n) is 30.3. The molecule has 5 aromatic carbocycles. The quantitative estimate of drug-likeness (QED) is 0.0612. The van der Waals surface area contributed by atoms with Gasteiger partial charge in [-0.05, 0) is 59.9 Å². The highest BCUT2D eigenvalue weighted by Crippen LogP contribution is 2.43. The van der Waals surface area contributed by atoms with E-state index in [0.717, 1.165) is 17.8 Å². The first-order valence-electron chi connectivity index (χ1n) is 19.0. The summed E-state index contributed by atoms with van der Waals surface area (Å²) in [6, 6.07) is 55.9. The van der Waals surface area contributed by atoms with Crippen molar-refractivity contribution in [2.75, 3.05) is 0 Å². The van der Waals surface area contributed by atoms with Crippen molar-refractivity contribution in [3.63, 3.8) is 0 Å². The molecule has 3 heteroatoms. The highest BCUT2D eigenvalue weighted by Gasteiger charge is 2.35. The fourth-order valence-electron chi connectivity index (χ4n) is 8.30. The number of aryl methyl sites for hydroxylation is 2. The van der Waals surface area contributed by atoms with E-state index in [1.54, 1.807) is 0 Å². The predicted molar refractivity (Wildman–Crippen MR) is 219 cm³/mol. The van der Waals surface area contributed by atoms with Gasteiger partial charge in [-0.25, -0.2) is 0 Å². The lowest BCUT2D eigenvalue weighted by atomic mass is 9.66. The number of rotatable bonds is 15. The molecule has 254 valence electrons. The number of hydrogen-bond acceptors (Lipinski definition) is 2. The standard InChI is InChI=1S/C28H33.2C10H8N.Al/c1-2-3-4-5-6-7-17-24-28(25-18-11-8-12-19-25,26-20-13-9-14-21-26)27-22-15-10-16-23-27;2*1-8-6-7-9-4-2-3-5-10(9)11-8;/h8-16,18-23H,1-7,17,24H2;2*2-4,6-7H,1H3;. The van der Waals surface area contributed by atoms with Crippen LogP contribution in [0.4, 0.5) is 0 Å². The van der Waals surface area contributed by atoms with E-state index in [9.17, 15) is 0 Å². The lowest BCUT2D eigenvalue weighted by Crippen LogP contribution is -2.43. The summed E-state index contributed by atoms with van der Waals surface area (Å²) in [5.41, 5.74) is 8.56. The van der Waals surface area contributed by atoms with Gasteiger partial charge in [0.1, 0.15) is 0 Å². The summed E-state index contributed by atoms with van der Waals surface area (Å²) in [6.45, 7) is 4.22. The second-order valence-electron chi connectivity index (χ2n) is 14.3. The average Bonchev–Trinajstić information content (AvgIpc) is 3.18. The Labute approximate surface area is 309 Å². The van der Waals surface area contributed by atoms with Crippen molar-refractivity contribution in [1.82, 2.24) is 9.97 Å². The van der Waals surface area contributed by atoms with Crippen molar-refractivity contribution in [2.45, 2.75) is 75.9 Å². The highest BCUT2D eigenvalue weighted by molar-refractivity contribution is 6.88. The number of unbranched alkanes of at least 4 members (excludes halogenated alkanes) is 6. The minimum atomic E-state index is -1.60. The monoisotopic (exact) mass is 680 g/mol.